The molecule has 2 rings (SSSR count). The molecular weight excluding hydrogens is 422 g/mol. The highest BCUT2D eigenvalue weighted by Gasteiger charge is 2.13. The number of hydrogen-bond acceptors (Lipinski definition) is 2. The Morgan fingerprint density at radius 1 is 1.21 bits per heavy atom. The number of benzene rings is 2. The molecular formula is C14H13BrFIN2. The standard InChI is InChI=1S/C14H13BrFIN2/c15-11-4-1-10(13(16)8-11)7-14(19-18)9-2-5-12(17)6-3-9/h1-6,8,14,19H,7,18H2. The number of hydrazine groups is 1. The van der Waals surface area contributed by atoms with Gasteiger partial charge in [0.25, 0.3) is 0 Å². The van der Waals surface area contributed by atoms with E-state index >= 15 is 0 Å². The molecule has 0 fully saturated rings. The maximum Gasteiger partial charge on any atom is 0.127 e. The fourth-order valence-corrected chi connectivity index (χ4v) is 2.57. The Hall–Kier alpha value is -0.500. The Balaban J connectivity index is 2.21. The fourth-order valence-electron chi connectivity index (χ4n) is 1.88. The van der Waals surface area contributed by atoms with Gasteiger partial charge >= 0.3 is 0 Å². The quantitative estimate of drug-likeness (QED) is 0.434. The molecule has 2 nitrogen and oxygen atoms in total. The van der Waals surface area contributed by atoms with E-state index in [0.717, 1.165) is 13.6 Å². The average Bonchev–Trinajstić information content (AvgIpc) is 2.39. The summed E-state index contributed by atoms with van der Waals surface area (Å²) in [5.74, 6) is 5.36. The first-order valence-electron chi connectivity index (χ1n) is 5.75. The second-order valence-corrected chi connectivity index (χ2v) is 6.37. The van der Waals surface area contributed by atoms with Crippen LogP contribution in [0.25, 0.3) is 0 Å². The van der Waals surface area contributed by atoms with Gasteiger partial charge in [0.1, 0.15) is 5.82 Å². The van der Waals surface area contributed by atoms with Crippen LogP contribution in [0.15, 0.2) is 46.9 Å². The van der Waals surface area contributed by atoms with Gasteiger partial charge in [0.05, 0.1) is 6.04 Å². The minimum Gasteiger partial charge on any atom is -0.271 e. The zero-order valence-electron chi connectivity index (χ0n) is 10.0. The summed E-state index contributed by atoms with van der Waals surface area (Å²) in [4.78, 5) is 0. The lowest BCUT2D eigenvalue weighted by molar-refractivity contribution is 0.529. The van der Waals surface area contributed by atoms with Crippen molar-refractivity contribution < 1.29 is 4.39 Å². The first-order chi connectivity index (χ1) is 9.10. The van der Waals surface area contributed by atoms with Crippen LogP contribution in [-0.4, -0.2) is 0 Å². The van der Waals surface area contributed by atoms with E-state index in [1.165, 1.54) is 6.07 Å². The van der Waals surface area contributed by atoms with Crippen LogP contribution in [0.5, 0.6) is 0 Å². The molecule has 19 heavy (non-hydrogen) atoms. The van der Waals surface area contributed by atoms with Crippen molar-refractivity contribution >= 4 is 38.5 Å². The molecule has 1 unspecified atom stereocenters. The summed E-state index contributed by atoms with van der Waals surface area (Å²) in [5, 5.41) is 0. The second-order valence-electron chi connectivity index (χ2n) is 4.21. The van der Waals surface area contributed by atoms with Gasteiger partial charge in [-0.15, -0.1) is 0 Å². The van der Waals surface area contributed by atoms with Gasteiger partial charge < -0.3 is 0 Å². The molecule has 2 aromatic carbocycles. The van der Waals surface area contributed by atoms with Crippen molar-refractivity contribution in [3.63, 3.8) is 0 Å². The predicted octanol–water partition coefficient (Wildman–Crippen LogP) is 3.94. The van der Waals surface area contributed by atoms with E-state index in [9.17, 15) is 4.39 Å². The lowest BCUT2D eigenvalue weighted by Gasteiger charge is -2.17. The highest BCUT2D eigenvalue weighted by Crippen LogP contribution is 2.22. The van der Waals surface area contributed by atoms with E-state index in [4.69, 9.17) is 5.84 Å². The van der Waals surface area contributed by atoms with Crippen molar-refractivity contribution in [2.75, 3.05) is 0 Å². The van der Waals surface area contributed by atoms with Crippen LogP contribution in [0.3, 0.4) is 0 Å². The van der Waals surface area contributed by atoms with Crippen molar-refractivity contribution in [3.05, 3.63) is 67.5 Å². The lowest BCUT2D eigenvalue weighted by Crippen LogP contribution is -2.29. The van der Waals surface area contributed by atoms with Gasteiger partial charge in [-0.2, -0.15) is 0 Å². The van der Waals surface area contributed by atoms with Gasteiger partial charge in [0.15, 0.2) is 0 Å². The Labute approximate surface area is 133 Å². The number of rotatable bonds is 4. The summed E-state index contributed by atoms with van der Waals surface area (Å²) < 4.78 is 15.7. The van der Waals surface area contributed by atoms with Gasteiger partial charge in [0, 0.05) is 8.04 Å². The molecule has 5 heteroatoms. The smallest absolute Gasteiger partial charge is 0.127 e. The van der Waals surface area contributed by atoms with Crippen LogP contribution in [0, 0.1) is 9.39 Å². The number of hydrogen-bond donors (Lipinski definition) is 2. The summed E-state index contributed by atoms with van der Waals surface area (Å²) in [7, 11) is 0. The highest BCUT2D eigenvalue weighted by atomic mass is 127. The van der Waals surface area contributed by atoms with Gasteiger partial charge in [-0.05, 0) is 64.4 Å². The van der Waals surface area contributed by atoms with E-state index < -0.39 is 0 Å². The van der Waals surface area contributed by atoms with E-state index in [1.807, 2.05) is 30.3 Å². The highest BCUT2D eigenvalue weighted by molar-refractivity contribution is 14.1. The molecule has 100 valence electrons. The SMILES string of the molecule is NNC(Cc1ccc(Br)cc1F)c1ccc(I)cc1. The van der Waals surface area contributed by atoms with Crippen LogP contribution in [-0.2, 0) is 6.42 Å². The van der Waals surface area contributed by atoms with E-state index in [-0.39, 0.29) is 11.9 Å². The molecule has 0 saturated carbocycles. The van der Waals surface area contributed by atoms with E-state index in [1.54, 1.807) is 6.07 Å². The first-order valence-corrected chi connectivity index (χ1v) is 7.63. The molecule has 0 amide bonds. The minimum absolute atomic E-state index is 0.104. The van der Waals surface area contributed by atoms with Crippen LogP contribution in [0.4, 0.5) is 4.39 Å². The van der Waals surface area contributed by atoms with Gasteiger partial charge in [-0.1, -0.05) is 34.1 Å². The Morgan fingerprint density at radius 3 is 2.47 bits per heavy atom. The van der Waals surface area contributed by atoms with Crippen molar-refractivity contribution in [1.29, 1.82) is 0 Å². The zero-order chi connectivity index (χ0) is 13.8. The molecule has 0 saturated heterocycles. The summed E-state index contributed by atoms with van der Waals surface area (Å²) in [6.45, 7) is 0. The molecule has 1 atom stereocenters. The molecule has 0 aliphatic rings. The molecule has 0 aromatic heterocycles. The van der Waals surface area contributed by atoms with E-state index in [0.29, 0.717) is 12.0 Å². The van der Waals surface area contributed by atoms with Crippen LogP contribution < -0.4 is 11.3 Å². The minimum atomic E-state index is -0.222. The molecule has 0 bridgehead atoms. The predicted molar refractivity (Wildman–Crippen MR) is 87.0 cm³/mol. The van der Waals surface area contributed by atoms with Crippen LogP contribution in [0.2, 0.25) is 0 Å². The fraction of sp³-hybridized carbons (Fsp3) is 0.143. The Morgan fingerprint density at radius 2 is 1.89 bits per heavy atom. The number of nitrogens with two attached hydrogens (primary N) is 1. The van der Waals surface area contributed by atoms with Crippen LogP contribution >= 0.6 is 38.5 Å². The van der Waals surface area contributed by atoms with Crippen molar-refractivity contribution in [2.24, 2.45) is 5.84 Å². The van der Waals surface area contributed by atoms with Gasteiger partial charge in [-0.25, -0.2) is 4.39 Å². The summed E-state index contributed by atoms with van der Waals surface area (Å²) in [5.41, 5.74) is 4.44. The van der Waals surface area contributed by atoms with Crippen molar-refractivity contribution in [1.82, 2.24) is 5.43 Å². The lowest BCUT2D eigenvalue weighted by atomic mass is 9.99. The number of nitrogens with one attached hydrogen (secondary N) is 1. The largest absolute Gasteiger partial charge is 0.271 e. The van der Waals surface area contributed by atoms with Crippen molar-refractivity contribution in [2.45, 2.75) is 12.5 Å². The molecule has 0 heterocycles. The number of halogens is 3. The average molecular weight is 435 g/mol. The molecule has 0 aliphatic heterocycles. The third-order valence-electron chi connectivity index (χ3n) is 2.91. The molecule has 3 N–H and O–H groups in total. The monoisotopic (exact) mass is 434 g/mol. The zero-order valence-corrected chi connectivity index (χ0v) is 13.8. The first kappa shape index (κ1) is 14.9. The summed E-state index contributed by atoms with van der Waals surface area (Å²) in [6, 6.07) is 13.0. The molecule has 0 radical (unpaired) electrons. The molecule has 0 aliphatic carbocycles. The molecule has 2 aromatic rings. The van der Waals surface area contributed by atoms with Crippen molar-refractivity contribution in [3.8, 4) is 0 Å². The third kappa shape index (κ3) is 3.98. The summed E-state index contributed by atoms with van der Waals surface area (Å²) in [6.07, 6.45) is 0.510. The van der Waals surface area contributed by atoms with Gasteiger partial charge in [0.2, 0.25) is 0 Å². The topological polar surface area (TPSA) is 38.0 Å². The maximum absolute atomic E-state index is 13.8. The molecule has 0 spiro atoms. The van der Waals surface area contributed by atoms with Crippen LogP contribution in [0.1, 0.15) is 17.2 Å². The van der Waals surface area contributed by atoms with Gasteiger partial charge in [-0.3, -0.25) is 11.3 Å². The summed E-state index contributed by atoms with van der Waals surface area (Å²) >= 11 is 5.50. The second kappa shape index (κ2) is 6.78. The normalized spacial score (nSPS) is 12.4. The third-order valence-corrected chi connectivity index (χ3v) is 4.13. The maximum atomic E-state index is 13.8. The Kier molecular flexibility index (Phi) is 5.32. The Bertz CT molecular complexity index is 560. The van der Waals surface area contributed by atoms with E-state index in [2.05, 4.69) is 43.9 Å².